The van der Waals surface area contributed by atoms with E-state index in [1.807, 2.05) is 18.2 Å². The Morgan fingerprint density at radius 1 is 1.15 bits per heavy atom. The smallest absolute Gasteiger partial charge is 0.417 e. The summed E-state index contributed by atoms with van der Waals surface area (Å²) in [5, 5.41) is 3.28. The molecule has 0 radical (unpaired) electrons. The Morgan fingerprint density at radius 3 is 2.44 bits per heavy atom. The van der Waals surface area contributed by atoms with Crippen LogP contribution >= 0.6 is 0 Å². The maximum Gasteiger partial charge on any atom is 0.417 e. The zero-order valence-corrected chi connectivity index (χ0v) is 16.7. The minimum Gasteiger partial charge on any atom is -0.449 e. The summed E-state index contributed by atoms with van der Waals surface area (Å²) in [6.07, 6.45) is 13.8. The van der Waals surface area contributed by atoms with Crippen LogP contribution in [0.3, 0.4) is 0 Å². The van der Waals surface area contributed by atoms with Gasteiger partial charge in [0.05, 0.1) is 6.61 Å². The summed E-state index contributed by atoms with van der Waals surface area (Å²) < 4.78 is 5.03. The number of piperidine rings is 1. The summed E-state index contributed by atoms with van der Waals surface area (Å²) >= 11 is 0. The highest BCUT2D eigenvalue weighted by atomic mass is 16.5. The van der Waals surface area contributed by atoms with Crippen molar-refractivity contribution in [2.75, 3.05) is 19.7 Å². The highest BCUT2D eigenvalue weighted by molar-refractivity contribution is 5.83. The van der Waals surface area contributed by atoms with Gasteiger partial charge in [0.25, 0.3) is 0 Å². The van der Waals surface area contributed by atoms with Crippen molar-refractivity contribution >= 4 is 12.0 Å². The van der Waals surface area contributed by atoms with Gasteiger partial charge in [0.1, 0.15) is 0 Å². The van der Waals surface area contributed by atoms with Crippen molar-refractivity contribution in [1.29, 1.82) is 0 Å². The maximum atomic E-state index is 12.8. The van der Waals surface area contributed by atoms with Crippen molar-refractivity contribution in [3.63, 3.8) is 0 Å². The molecule has 1 N–H and O–H groups in total. The molecule has 1 saturated heterocycles. The lowest BCUT2D eigenvalue weighted by atomic mass is 9.75. The molecule has 0 aromatic heterocycles. The van der Waals surface area contributed by atoms with Crippen molar-refractivity contribution < 1.29 is 14.3 Å². The minimum absolute atomic E-state index is 0.00509. The number of hydrogen-bond acceptors (Lipinski definition) is 4. The van der Waals surface area contributed by atoms with E-state index in [-0.39, 0.29) is 23.0 Å². The van der Waals surface area contributed by atoms with Crippen LogP contribution in [-0.4, -0.2) is 47.0 Å². The summed E-state index contributed by atoms with van der Waals surface area (Å²) in [7, 11) is 0. The summed E-state index contributed by atoms with van der Waals surface area (Å²) in [6.45, 7) is 8.02. The molecule has 148 valence electrons. The van der Waals surface area contributed by atoms with Crippen LogP contribution in [-0.2, 0) is 9.53 Å². The first-order chi connectivity index (χ1) is 12.9. The van der Waals surface area contributed by atoms with Gasteiger partial charge < -0.3 is 15.0 Å². The van der Waals surface area contributed by atoms with Gasteiger partial charge in [-0.15, -0.1) is 0 Å². The van der Waals surface area contributed by atoms with Gasteiger partial charge in [-0.3, -0.25) is 9.69 Å². The molecule has 0 unspecified atom stereocenters. The number of likely N-dealkylation sites (tertiary alicyclic amines) is 1. The van der Waals surface area contributed by atoms with Crippen molar-refractivity contribution in [3.8, 4) is 0 Å². The maximum absolute atomic E-state index is 12.8. The molecule has 3 rings (SSSR count). The Balaban J connectivity index is 1.56. The number of carbonyl (C=O) groups excluding carboxylic acids is 2. The second-order valence-electron chi connectivity index (χ2n) is 8.27. The molecular weight excluding hydrogens is 342 g/mol. The lowest BCUT2D eigenvalue weighted by molar-refractivity contribution is -0.135. The van der Waals surface area contributed by atoms with Crippen molar-refractivity contribution in [3.05, 3.63) is 36.3 Å². The first-order valence-electron chi connectivity index (χ1n) is 9.95. The van der Waals surface area contributed by atoms with E-state index in [2.05, 4.69) is 24.1 Å². The Bertz CT molecular complexity index is 668. The van der Waals surface area contributed by atoms with E-state index < -0.39 is 0 Å². The third-order valence-corrected chi connectivity index (χ3v) is 6.05. The van der Waals surface area contributed by atoms with E-state index in [0.717, 1.165) is 44.5 Å². The van der Waals surface area contributed by atoms with Crippen LogP contribution < -0.4 is 5.32 Å². The number of nitrogens with one attached hydrogen (secondary N) is 1. The number of nitrogens with zero attached hydrogens (tertiary/aromatic N) is 2. The normalized spacial score (nSPS) is 23.1. The molecule has 6 heteroatoms. The van der Waals surface area contributed by atoms with Gasteiger partial charge in [0.15, 0.2) is 0 Å². The van der Waals surface area contributed by atoms with Gasteiger partial charge in [-0.25, -0.2) is 4.79 Å². The van der Waals surface area contributed by atoms with Crippen molar-refractivity contribution in [2.24, 2.45) is 5.41 Å². The predicted molar refractivity (Wildman–Crippen MR) is 105 cm³/mol. The zero-order chi connectivity index (χ0) is 19.5. The number of rotatable bonds is 4. The van der Waals surface area contributed by atoms with Gasteiger partial charge >= 0.3 is 6.09 Å². The average Bonchev–Trinajstić information content (AvgIpc) is 2.87. The molecule has 2 amide bonds. The number of carbonyl (C=O) groups is 2. The molecule has 2 fully saturated rings. The molecule has 3 aliphatic rings. The Morgan fingerprint density at radius 2 is 1.85 bits per heavy atom. The molecule has 6 nitrogen and oxygen atoms in total. The van der Waals surface area contributed by atoms with Gasteiger partial charge in [-0.1, -0.05) is 6.92 Å². The first-order valence-corrected chi connectivity index (χ1v) is 9.95. The molecule has 0 aromatic rings. The van der Waals surface area contributed by atoms with Crippen LogP contribution in [0.1, 0.15) is 52.9 Å². The van der Waals surface area contributed by atoms with Gasteiger partial charge in [0.2, 0.25) is 5.91 Å². The van der Waals surface area contributed by atoms with E-state index in [9.17, 15) is 9.59 Å². The van der Waals surface area contributed by atoms with E-state index in [1.54, 1.807) is 19.3 Å². The van der Waals surface area contributed by atoms with Gasteiger partial charge in [-0.2, -0.15) is 0 Å². The highest BCUT2D eigenvalue weighted by Crippen LogP contribution is 2.36. The van der Waals surface area contributed by atoms with E-state index in [1.165, 1.54) is 11.3 Å². The van der Waals surface area contributed by atoms with Crippen LogP contribution in [0.25, 0.3) is 0 Å². The molecule has 1 aliphatic carbocycles. The lowest BCUT2D eigenvalue weighted by Gasteiger charge is -2.45. The molecule has 27 heavy (non-hydrogen) atoms. The van der Waals surface area contributed by atoms with Crippen LogP contribution in [0.15, 0.2) is 36.3 Å². The Labute approximate surface area is 161 Å². The van der Waals surface area contributed by atoms with E-state index >= 15 is 0 Å². The minimum atomic E-state index is -0.382. The van der Waals surface area contributed by atoms with E-state index in [4.69, 9.17) is 4.74 Å². The van der Waals surface area contributed by atoms with Crippen LogP contribution in [0.4, 0.5) is 4.79 Å². The highest BCUT2D eigenvalue weighted by Gasteiger charge is 2.41. The summed E-state index contributed by atoms with van der Waals surface area (Å²) in [5.41, 5.74) is 0.744. The monoisotopic (exact) mass is 373 g/mol. The van der Waals surface area contributed by atoms with Crippen LogP contribution in [0.2, 0.25) is 0 Å². The fourth-order valence-corrected chi connectivity index (χ4v) is 3.77. The molecule has 0 aromatic carbocycles. The Kier molecular flexibility index (Phi) is 5.63. The SMILES string of the molecule is CCOC(=O)N1C=CC=C(N2CCC(C)(C(=O)NC3(C)CCC3)CC2)C=C1. The molecule has 2 aliphatic heterocycles. The predicted octanol–water partition coefficient (Wildman–Crippen LogP) is 3.53. The fraction of sp³-hybridized carbons (Fsp3) is 0.619. The third kappa shape index (κ3) is 4.37. The summed E-state index contributed by atoms with van der Waals surface area (Å²) in [4.78, 5) is 28.4. The quantitative estimate of drug-likeness (QED) is 0.819. The van der Waals surface area contributed by atoms with Crippen LogP contribution in [0.5, 0.6) is 0 Å². The zero-order valence-electron chi connectivity index (χ0n) is 16.7. The molecular formula is C21H31N3O3. The summed E-state index contributed by atoms with van der Waals surface area (Å²) in [6, 6.07) is 0. The van der Waals surface area contributed by atoms with Gasteiger partial charge in [0, 0.05) is 42.1 Å². The summed E-state index contributed by atoms with van der Waals surface area (Å²) in [5.74, 6) is 0.197. The number of amides is 2. The molecule has 1 saturated carbocycles. The second-order valence-corrected chi connectivity index (χ2v) is 8.27. The fourth-order valence-electron chi connectivity index (χ4n) is 3.77. The molecule has 2 heterocycles. The second kappa shape index (κ2) is 7.79. The number of ether oxygens (including phenoxy) is 1. The van der Waals surface area contributed by atoms with Gasteiger partial charge in [-0.05, 0) is 64.2 Å². The molecule has 0 spiro atoms. The average molecular weight is 373 g/mol. The number of hydrogen-bond donors (Lipinski definition) is 1. The molecule has 0 bridgehead atoms. The van der Waals surface area contributed by atoms with Crippen molar-refractivity contribution in [1.82, 2.24) is 15.1 Å². The largest absolute Gasteiger partial charge is 0.449 e. The third-order valence-electron chi connectivity index (χ3n) is 6.05. The Hall–Kier alpha value is -2.24. The van der Waals surface area contributed by atoms with E-state index in [0.29, 0.717) is 6.61 Å². The lowest BCUT2D eigenvalue weighted by Crippen LogP contribution is -2.56. The number of allylic oxidation sites excluding steroid dienone is 3. The van der Waals surface area contributed by atoms with Crippen LogP contribution in [0, 0.1) is 5.41 Å². The standard InChI is InChI=1S/C21H31N3O3/c1-4-27-19(26)24-13-5-7-17(8-14-24)23-15-11-20(2,12-16-23)18(25)22-21(3)9-6-10-21/h5,7-8,13-14H,4,6,9-12,15-16H2,1-3H3,(H,22,25). The molecule has 0 atom stereocenters. The first kappa shape index (κ1) is 19.5. The topological polar surface area (TPSA) is 61.9 Å². The van der Waals surface area contributed by atoms with Crippen molar-refractivity contribution in [2.45, 2.75) is 58.4 Å².